The summed E-state index contributed by atoms with van der Waals surface area (Å²) in [6.45, 7) is 2.23. The summed E-state index contributed by atoms with van der Waals surface area (Å²) < 4.78 is 0. The number of hydrogen-bond acceptors (Lipinski definition) is 0. The first kappa shape index (κ1) is 34.0. The number of fused-ring (bicyclic) bond motifs is 1. The smallest absolute Gasteiger partial charge is 1.00 e. The Morgan fingerprint density at radius 3 is 1.48 bits per heavy atom. The third kappa shape index (κ3) is 5.89. The van der Waals surface area contributed by atoms with Crippen molar-refractivity contribution in [3.8, 4) is 33.4 Å². The quantitative estimate of drug-likeness (QED) is 0.191. The minimum Gasteiger partial charge on any atom is -1.00 e. The molecular formula is C39H27Cl2Si2Zr. The molecule has 0 saturated carbocycles. The van der Waals surface area contributed by atoms with E-state index in [9.17, 15) is 0 Å². The van der Waals surface area contributed by atoms with Crippen molar-refractivity contribution in [2.75, 3.05) is 0 Å². The van der Waals surface area contributed by atoms with E-state index in [2.05, 4.69) is 161 Å². The Hall–Kier alpha value is -2.91. The van der Waals surface area contributed by atoms with Gasteiger partial charge in [-0.1, -0.05) is 155 Å². The molecule has 0 unspecified atom stereocenters. The summed E-state index contributed by atoms with van der Waals surface area (Å²) in [5.74, 6) is 0. The van der Waals surface area contributed by atoms with Gasteiger partial charge >= 0.3 is 26.2 Å². The van der Waals surface area contributed by atoms with Crippen LogP contribution < -0.4 is 35.2 Å². The summed E-state index contributed by atoms with van der Waals surface area (Å²) in [7, 11) is 8.43. The van der Waals surface area contributed by atoms with Crippen LogP contribution >= 0.6 is 0 Å². The molecule has 1 aliphatic rings. The molecule has 0 heterocycles. The second kappa shape index (κ2) is 14.5. The molecule has 7 rings (SSSR count). The Morgan fingerprint density at radius 1 is 0.545 bits per heavy atom. The van der Waals surface area contributed by atoms with Gasteiger partial charge in [0.1, 0.15) is 0 Å². The fraction of sp³-hybridized carbons (Fsp3) is 0.0513. The third-order valence-electron chi connectivity index (χ3n) is 8.23. The zero-order valence-electron chi connectivity index (χ0n) is 24.2. The van der Waals surface area contributed by atoms with Crippen molar-refractivity contribution < 1.29 is 51.0 Å². The van der Waals surface area contributed by atoms with Crippen molar-refractivity contribution in [2.45, 2.75) is 13.3 Å². The summed E-state index contributed by atoms with van der Waals surface area (Å²) in [5.41, 5.74) is 13.8. The Kier molecular flexibility index (Phi) is 11.2. The van der Waals surface area contributed by atoms with Crippen molar-refractivity contribution in [1.82, 2.24) is 0 Å². The predicted molar refractivity (Wildman–Crippen MR) is 178 cm³/mol. The second-order valence-corrected chi connectivity index (χ2v) is 11.6. The maximum atomic E-state index is 4.23. The first-order chi connectivity index (χ1) is 20.1. The number of halogens is 2. The van der Waals surface area contributed by atoms with E-state index in [1.807, 2.05) is 0 Å². The molecule has 0 N–H and O–H groups in total. The van der Waals surface area contributed by atoms with Gasteiger partial charge in [-0.2, -0.15) is 0 Å². The van der Waals surface area contributed by atoms with Crippen LogP contribution in [0, 0.1) is 0 Å². The number of allylic oxidation sites excluding steroid dienone is 4. The van der Waals surface area contributed by atoms with Gasteiger partial charge in [0.15, 0.2) is 0 Å². The van der Waals surface area contributed by atoms with Crippen LogP contribution in [0.3, 0.4) is 0 Å². The average molecular weight is 714 g/mol. The molecule has 0 nitrogen and oxygen atoms in total. The van der Waals surface area contributed by atoms with Crippen LogP contribution in [0.4, 0.5) is 0 Å². The van der Waals surface area contributed by atoms with Crippen molar-refractivity contribution in [3.63, 3.8) is 0 Å². The number of hydrogen-bond donors (Lipinski definition) is 0. The first-order valence-electron chi connectivity index (χ1n) is 14.0. The van der Waals surface area contributed by atoms with Gasteiger partial charge in [-0.25, -0.2) is 0 Å². The van der Waals surface area contributed by atoms with Crippen molar-refractivity contribution in [2.24, 2.45) is 0 Å². The molecule has 44 heavy (non-hydrogen) atoms. The molecule has 0 aliphatic heterocycles. The Balaban J connectivity index is 0.00000147. The Labute approximate surface area is 298 Å². The molecule has 0 saturated heterocycles. The van der Waals surface area contributed by atoms with Gasteiger partial charge in [0.25, 0.3) is 0 Å². The predicted octanol–water partition coefficient (Wildman–Crippen LogP) is 2.41. The molecule has 7 radical (unpaired) electrons. The van der Waals surface area contributed by atoms with E-state index in [1.165, 1.54) is 72.0 Å². The fourth-order valence-corrected chi connectivity index (χ4v) is 7.54. The molecule has 0 aromatic heterocycles. The molecule has 0 bridgehead atoms. The van der Waals surface area contributed by atoms with Crippen LogP contribution in [0.1, 0.15) is 24.5 Å². The van der Waals surface area contributed by atoms with E-state index >= 15 is 0 Å². The van der Waals surface area contributed by atoms with Crippen LogP contribution in [0.15, 0.2) is 139 Å². The molecule has 0 amide bonds. The Bertz CT molecular complexity index is 1960. The molecule has 6 aromatic carbocycles. The molecule has 5 heteroatoms. The average Bonchev–Trinajstić information content (AvgIpc) is 3.58. The van der Waals surface area contributed by atoms with Gasteiger partial charge in [-0.05, 0) is 57.0 Å². The fourth-order valence-electron chi connectivity index (χ4n) is 6.40. The maximum absolute atomic E-state index is 4.23. The monoisotopic (exact) mass is 711 g/mol. The topological polar surface area (TPSA) is 0 Å². The van der Waals surface area contributed by atoms with E-state index in [4.69, 9.17) is 0 Å². The van der Waals surface area contributed by atoms with Crippen molar-refractivity contribution >= 4 is 52.8 Å². The van der Waals surface area contributed by atoms with Gasteiger partial charge in [-0.15, -0.1) is 27.6 Å². The molecule has 0 atom stereocenters. The van der Waals surface area contributed by atoms with Crippen molar-refractivity contribution in [1.29, 1.82) is 0 Å². The van der Waals surface area contributed by atoms with E-state index < -0.39 is 0 Å². The molecule has 209 valence electrons. The van der Waals surface area contributed by atoms with Crippen LogP contribution in [0.5, 0.6) is 0 Å². The summed E-state index contributed by atoms with van der Waals surface area (Å²) in [6.07, 6.45) is 3.27. The summed E-state index contributed by atoms with van der Waals surface area (Å²) in [5, 5.41) is 4.68. The zero-order valence-corrected chi connectivity index (χ0v) is 30.1. The zero-order chi connectivity index (χ0) is 27.9. The van der Waals surface area contributed by atoms with Crippen LogP contribution in [0.2, 0.25) is 0 Å². The normalized spacial score (nSPS) is 12.3. The van der Waals surface area contributed by atoms with Crippen LogP contribution in [-0.4, -0.2) is 20.5 Å². The molecule has 1 aliphatic carbocycles. The summed E-state index contributed by atoms with van der Waals surface area (Å²) in [4.78, 5) is 0. The number of rotatable bonds is 5. The largest absolute Gasteiger partial charge is 3.00 e. The number of benzene rings is 5. The molecule has 0 spiro atoms. The van der Waals surface area contributed by atoms with Gasteiger partial charge in [0.2, 0.25) is 0 Å². The first-order valence-corrected chi connectivity index (χ1v) is 15.0. The Morgan fingerprint density at radius 2 is 0.977 bits per heavy atom. The van der Waals surface area contributed by atoms with Gasteiger partial charge in [0, 0.05) is 0 Å². The van der Waals surface area contributed by atoms with Crippen molar-refractivity contribution in [3.05, 3.63) is 150 Å². The second-order valence-electron chi connectivity index (χ2n) is 10.6. The standard InChI is InChI=1S/C39H27Si2.2ClH.Zr/c1-25-22-23-30(33(25)26-14-6-2-7-15-26)31-24-32-34(27-16-8-3-9-17-27)35(28-18-10-4-11-19-28)36(29-20-12-5-13-21-29)39(41)37(32)38(31)40;;;/h2-22,24H,23H2,1H3;2*1H;/q-1;;;+3/p-2. The molecular weight excluding hydrogens is 687 g/mol. The van der Waals surface area contributed by atoms with E-state index in [1.54, 1.807) is 0 Å². The van der Waals surface area contributed by atoms with Gasteiger partial charge in [0.05, 0.1) is 10.2 Å². The van der Waals surface area contributed by atoms with Crippen LogP contribution in [-0.2, 0) is 26.2 Å². The van der Waals surface area contributed by atoms with E-state index in [0.717, 1.165) is 16.8 Å². The van der Waals surface area contributed by atoms with Gasteiger partial charge < -0.3 is 24.8 Å². The minimum absolute atomic E-state index is 0. The van der Waals surface area contributed by atoms with Gasteiger partial charge in [-0.3, -0.25) is 0 Å². The third-order valence-corrected chi connectivity index (χ3v) is 9.25. The minimum atomic E-state index is 0. The van der Waals surface area contributed by atoms with Crippen LogP contribution in [0.25, 0.3) is 55.3 Å². The SMILES string of the molecule is CC1=CCC(c2[cH-]c3c(-c4ccccc4)c(-c4ccccc4)c(-c4ccccc4)c([Si])c3c2[Si])=C1c1ccccc1.[Cl-].[Cl-].[Zr+3]. The maximum Gasteiger partial charge on any atom is 3.00 e. The summed E-state index contributed by atoms with van der Waals surface area (Å²) in [6, 6.07) is 45.6. The summed E-state index contributed by atoms with van der Waals surface area (Å²) >= 11 is 0. The van der Waals surface area contributed by atoms with E-state index in [-0.39, 0.29) is 51.0 Å². The molecule has 0 fully saturated rings. The molecule has 6 aromatic rings. The van der Waals surface area contributed by atoms with E-state index in [0.29, 0.717) is 0 Å².